The minimum atomic E-state index is -4.40. The maximum Gasteiger partial charge on any atom is 0.434 e. The summed E-state index contributed by atoms with van der Waals surface area (Å²) >= 11 is 0.984. The maximum absolute atomic E-state index is 12.6. The van der Waals surface area contributed by atoms with Gasteiger partial charge in [0.25, 0.3) is 0 Å². The summed E-state index contributed by atoms with van der Waals surface area (Å²) in [6, 6.07) is 0.447. The lowest BCUT2D eigenvalue weighted by molar-refractivity contribution is -0.140. The van der Waals surface area contributed by atoms with E-state index in [0.29, 0.717) is 23.6 Å². The first-order valence-corrected chi connectivity index (χ1v) is 9.59. The van der Waals surface area contributed by atoms with Crippen LogP contribution in [0.15, 0.2) is 10.4 Å². The van der Waals surface area contributed by atoms with Crippen LogP contribution < -0.4 is 10.6 Å². The van der Waals surface area contributed by atoms with Crippen LogP contribution in [0.4, 0.5) is 13.2 Å². The van der Waals surface area contributed by atoms with E-state index in [0.717, 1.165) is 42.8 Å². The smallest absolute Gasteiger partial charge is 0.357 e. The molecule has 0 aliphatic carbocycles. The predicted molar refractivity (Wildman–Crippen MR) is 94.8 cm³/mol. The second kappa shape index (κ2) is 9.38. The van der Waals surface area contributed by atoms with E-state index in [9.17, 15) is 13.2 Å². The van der Waals surface area contributed by atoms with Crippen molar-refractivity contribution in [3.63, 3.8) is 0 Å². The van der Waals surface area contributed by atoms with Gasteiger partial charge in [-0.25, -0.2) is 9.98 Å². The quantitative estimate of drug-likeness (QED) is 0.566. The van der Waals surface area contributed by atoms with E-state index >= 15 is 0 Å². The van der Waals surface area contributed by atoms with E-state index in [2.05, 4.69) is 32.4 Å². The SMILES string of the molecule is CCNC(=NCc1nc(C(F)(F)F)cs1)NCC(CC)N1CCCC1. The average Bonchev–Trinajstić information content (AvgIpc) is 3.24. The van der Waals surface area contributed by atoms with Crippen molar-refractivity contribution < 1.29 is 13.2 Å². The molecule has 2 rings (SSSR count). The molecule has 9 heteroatoms. The van der Waals surface area contributed by atoms with Crippen molar-refractivity contribution in [1.82, 2.24) is 20.5 Å². The molecule has 0 spiro atoms. The molecule has 0 radical (unpaired) electrons. The molecule has 5 nitrogen and oxygen atoms in total. The number of aliphatic imine (C=N–C) groups is 1. The number of nitrogens with zero attached hydrogens (tertiary/aromatic N) is 3. The van der Waals surface area contributed by atoms with Gasteiger partial charge in [0.1, 0.15) is 5.01 Å². The summed E-state index contributed by atoms with van der Waals surface area (Å²) in [6.07, 6.45) is -0.856. The van der Waals surface area contributed by atoms with Gasteiger partial charge in [-0.15, -0.1) is 11.3 Å². The van der Waals surface area contributed by atoms with Gasteiger partial charge in [0.2, 0.25) is 0 Å². The van der Waals surface area contributed by atoms with Crippen LogP contribution in [0, 0.1) is 0 Å². The van der Waals surface area contributed by atoms with Crippen LogP contribution in [0.2, 0.25) is 0 Å². The van der Waals surface area contributed by atoms with Crippen LogP contribution in [0.25, 0.3) is 0 Å². The number of hydrogen-bond acceptors (Lipinski definition) is 4. The zero-order valence-electron chi connectivity index (χ0n) is 14.7. The molecule has 1 aliphatic heterocycles. The molecule has 0 saturated carbocycles. The lowest BCUT2D eigenvalue weighted by Crippen LogP contribution is -2.46. The fourth-order valence-electron chi connectivity index (χ4n) is 2.86. The van der Waals surface area contributed by atoms with E-state index in [1.165, 1.54) is 12.8 Å². The van der Waals surface area contributed by atoms with Crippen LogP contribution in [0.1, 0.15) is 43.8 Å². The highest BCUT2D eigenvalue weighted by molar-refractivity contribution is 7.09. The highest BCUT2D eigenvalue weighted by Gasteiger charge is 2.33. The third kappa shape index (κ3) is 6.14. The summed E-state index contributed by atoms with van der Waals surface area (Å²) in [5.74, 6) is 0.615. The summed E-state index contributed by atoms with van der Waals surface area (Å²) in [4.78, 5) is 10.5. The molecule has 1 saturated heterocycles. The average molecular weight is 377 g/mol. The Balaban J connectivity index is 1.92. The Morgan fingerprint density at radius 3 is 2.60 bits per heavy atom. The fraction of sp³-hybridized carbons (Fsp3) is 0.750. The monoisotopic (exact) mass is 377 g/mol. The van der Waals surface area contributed by atoms with Gasteiger partial charge in [-0.2, -0.15) is 13.2 Å². The first kappa shape index (κ1) is 20.0. The number of guanidine groups is 1. The van der Waals surface area contributed by atoms with Crippen molar-refractivity contribution in [2.45, 2.75) is 51.9 Å². The number of thiazole rings is 1. The second-order valence-corrected chi connectivity index (χ2v) is 6.95. The van der Waals surface area contributed by atoms with Crippen molar-refractivity contribution in [2.24, 2.45) is 4.99 Å². The van der Waals surface area contributed by atoms with Crippen molar-refractivity contribution in [2.75, 3.05) is 26.2 Å². The standard InChI is InChI=1S/C16H26F3N5S/c1-3-12(24-7-5-6-8-24)9-21-15(20-4-2)22-10-14-23-13(11-25-14)16(17,18)19/h11-12H,3-10H2,1-2H3,(H2,20,21,22). The molecule has 25 heavy (non-hydrogen) atoms. The van der Waals surface area contributed by atoms with Gasteiger partial charge < -0.3 is 10.6 Å². The van der Waals surface area contributed by atoms with Gasteiger partial charge in [0.15, 0.2) is 11.7 Å². The van der Waals surface area contributed by atoms with Crippen LogP contribution in [-0.4, -0.2) is 48.1 Å². The summed E-state index contributed by atoms with van der Waals surface area (Å²) in [5, 5.41) is 7.83. The first-order valence-electron chi connectivity index (χ1n) is 8.71. The Labute approximate surface area is 150 Å². The Hall–Kier alpha value is -1.35. The Bertz CT molecular complexity index is 552. The molecule has 1 atom stereocenters. The number of aromatic nitrogens is 1. The molecular formula is C16H26F3N5S. The van der Waals surface area contributed by atoms with Crippen LogP contribution >= 0.6 is 11.3 Å². The molecule has 1 fully saturated rings. The number of nitrogens with one attached hydrogen (secondary N) is 2. The second-order valence-electron chi connectivity index (χ2n) is 6.01. The van der Waals surface area contributed by atoms with Crippen molar-refractivity contribution in [3.8, 4) is 0 Å². The molecule has 1 aromatic rings. The maximum atomic E-state index is 12.6. The molecule has 0 aromatic carbocycles. The van der Waals surface area contributed by atoms with Crippen LogP contribution in [-0.2, 0) is 12.7 Å². The van der Waals surface area contributed by atoms with Crippen LogP contribution in [0.5, 0.6) is 0 Å². The van der Waals surface area contributed by atoms with E-state index in [-0.39, 0.29) is 6.54 Å². The number of likely N-dealkylation sites (tertiary alicyclic amines) is 1. The molecule has 2 N–H and O–H groups in total. The number of hydrogen-bond donors (Lipinski definition) is 2. The minimum Gasteiger partial charge on any atom is -0.357 e. The third-order valence-corrected chi connectivity index (χ3v) is 5.03. The van der Waals surface area contributed by atoms with Gasteiger partial charge in [0, 0.05) is 24.5 Å². The van der Waals surface area contributed by atoms with Crippen molar-refractivity contribution in [1.29, 1.82) is 0 Å². The van der Waals surface area contributed by atoms with Crippen molar-refractivity contribution >= 4 is 17.3 Å². The molecular weight excluding hydrogens is 351 g/mol. The van der Waals surface area contributed by atoms with Crippen molar-refractivity contribution in [3.05, 3.63) is 16.1 Å². The molecule has 1 aliphatic rings. The topological polar surface area (TPSA) is 52.6 Å². The summed E-state index contributed by atoms with van der Waals surface area (Å²) in [7, 11) is 0. The molecule has 0 bridgehead atoms. The van der Waals surface area contributed by atoms with Gasteiger partial charge in [-0.1, -0.05) is 6.92 Å². The number of alkyl halides is 3. The highest BCUT2D eigenvalue weighted by atomic mass is 32.1. The number of rotatable bonds is 7. The summed E-state index contributed by atoms with van der Waals surface area (Å²) < 4.78 is 37.8. The van der Waals surface area contributed by atoms with E-state index in [1.54, 1.807) is 0 Å². The van der Waals surface area contributed by atoms with Crippen LogP contribution in [0.3, 0.4) is 0 Å². The molecule has 2 heterocycles. The predicted octanol–water partition coefficient (Wildman–Crippen LogP) is 3.09. The summed E-state index contributed by atoms with van der Waals surface area (Å²) in [6.45, 7) is 7.99. The molecule has 1 unspecified atom stereocenters. The third-order valence-electron chi connectivity index (χ3n) is 4.19. The normalized spacial score (nSPS) is 17.7. The molecule has 142 valence electrons. The zero-order valence-corrected chi connectivity index (χ0v) is 15.5. The fourth-order valence-corrected chi connectivity index (χ4v) is 3.58. The first-order chi connectivity index (χ1) is 11.9. The summed E-state index contributed by atoms with van der Waals surface area (Å²) in [5.41, 5.74) is -0.847. The Morgan fingerprint density at radius 1 is 1.32 bits per heavy atom. The highest BCUT2D eigenvalue weighted by Crippen LogP contribution is 2.30. The van der Waals surface area contributed by atoms with E-state index < -0.39 is 11.9 Å². The van der Waals surface area contributed by atoms with E-state index in [4.69, 9.17) is 0 Å². The minimum absolute atomic E-state index is 0.136. The van der Waals surface area contributed by atoms with Gasteiger partial charge in [-0.3, -0.25) is 4.90 Å². The lowest BCUT2D eigenvalue weighted by Gasteiger charge is -2.27. The van der Waals surface area contributed by atoms with Gasteiger partial charge in [-0.05, 0) is 39.3 Å². The van der Waals surface area contributed by atoms with Gasteiger partial charge in [0.05, 0.1) is 6.54 Å². The zero-order chi connectivity index (χ0) is 18.3. The lowest BCUT2D eigenvalue weighted by atomic mass is 10.2. The van der Waals surface area contributed by atoms with E-state index in [1.807, 2.05) is 6.92 Å². The molecule has 1 aromatic heterocycles. The van der Waals surface area contributed by atoms with Gasteiger partial charge >= 0.3 is 6.18 Å². The largest absolute Gasteiger partial charge is 0.434 e. The Kier molecular flexibility index (Phi) is 7.49. The Morgan fingerprint density at radius 2 is 2.04 bits per heavy atom. The number of halogens is 3. The molecule has 0 amide bonds.